The lowest BCUT2D eigenvalue weighted by Crippen LogP contribution is -2.62. The van der Waals surface area contributed by atoms with Gasteiger partial charge < -0.3 is 29.1 Å². The van der Waals surface area contributed by atoms with Gasteiger partial charge in [0, 0.05) is 96.0 Å². The molecule has 0 saturated heterocycles. The third-order valence-electron chi connectivity index (χ3n) is 20.4. The van der Waals surface area contributed by atoms with Crippen molar-refractivity contribution in [3.05, 3.63) is 366 Å². The number of pyridine rings is 2. The van der Waals surface area contributed by atoms with Crippen LogP contribution in [0, 0.1) is 0 Å². The molecule has 6 heterocycles. The van der Waals surface area contributed by atoms with Crippen LogP contribution in [0.5, 0.6) is 23.3 Å². The van der Waals surface area contributed by atoms with Crippen LogP contribution < -0.4 is 45.5 Å². The second kappa shape index (κ2) is 30.5. The fourth-order valence-electron chi connectivity index (χ4n) is 14.8. The Bertz CT molecular complexity index is 5830. The molecule has 14 heteroatoms. The standard InChI is InChI=1S/C48H39BN4OS.C48H41ClN4OS/c1-48(2,3)35-27-42-46-43(28-35)53(31-33-16-8-5-9-17-33)41-24-22-36(54-45-20-12-13-25-50-45)29-38(41)49(46)37-26-34(47-51-39-18-10-11-19-44(39)55-47)21-23-40(37)52(42)30-32-14-6-4-7-15-32;1-48(2,3)37-30-42(52(32-34-14-6-4-7-15-34)38-23-21-36(22-24-38)47-51-41-18-10-11-19-44(41)55-47)46(49)43(31-37)53(33-35-16-8-5-9-17-35)39-25-27-40(28-26-39)54-45-20-12-13-29-50-45/h4-29H,30-31H2,1-3H3;4-31H,32-33H2,1-3H3. The molecular formula is C96H80BClN8O2S2. The maximum Gasteiger partial charge on any atom is 0.252 e. The summed E-state index contributed by atoms with van der Waals surface area (Å²) in [6.45, 7) is 16.4. The lowest BCUT2D eigenvalue weighted by atomic mass is 9.33. The molecule has 12 aromatic carbocycles. The minimum atomic E-state index is -0.165. The SMILES string of the molecule is CC(C)(C)c1cc(N(Cc2ccccc2)c2ccc(Oc3ccccn3)cc2)c(Cl)c(N(Cc2ccccc2)c2ccc(-c3nc4ccccc4s3)cc2)c1.CC(C)(C)c1cc2c3c(c1)N(Cc1ccccc1)c1ccc(-c4nc5ccccc5s4)cc1B3c1cc(Oc3ccccn3)ccc1N2Cc1ccccc1. The predicted octanol–water partition coefficient (Wildman–Crippen LogP) is 24.0. The topological polar surface area (TPSA) is 83.0 Å². The highest BCUT2D eigenvalue weighted by Gasteiger charge is 2.44. The van der Waals surface area contributed by atoms with Gasteiger partial charge >= 0.3 is 0 Å². The Labute approximate surface area is 656 Å². The molecule has 0 saturated carbocycles. The Morgan fingerprint density at radius 1 is 0.382 bits per heavy atom. The van der Waals surface area contributed by atoms with Crippen molar-refractivity contribution in [3.63, 3.8) is 0 Å². The molecule has 538 valence electrons. The summed E-state index contributed by atoms with van der Waals surface area (Å²) in [4.78, 5) is 28.6. The normalized spacial score (nSPS) is 12.2. The number of ether oxygens (including phenoxy) is 2. The van der Waals surface area contributed by atoms with Gasteiger partial charge in [-0.3, -0.25) is 0 Å². The third kappa shape index (κ3) is 15.0. The number of rotatable bonds is 18. The van der Waals surface area contributed by atoms with E-state index in [-0.39, 0.29) is 17.5 Å². The van der Waals surface area contributed by atoms with E-state index in [4.69, 9.17) is 31.0 Å². The molecule has 0 spiro atoms. The Morgan fingerprint density at radius 3 is 1.25 bits per heavy atom. The molecule has 0 atom stereocenters. The van der Waals surface area contributed by atoms with Crippen LogP contribution in [0.4, 0.5) is 45.5 Å². The van der Waals surface area contributed by atoms with E-state index >= 15 is 0 Å². The number of benzene rings is 12. The van der Waals surface area contributed by atoms with Gasteiger partial charge in [-0.15, -0.1) is 22.7 Å². The zero-order valence-corrected chi connectivity index (χ0v) is 64.6. The molecule has 0 bridgehead atoms. The van der Waals surface area contributed by atoms with Crippen LogP contribution in [0.15, 0.2) is 328 Å². The van der Waals surface area contributed by atoms with E-state index in [1.165, 1.54) is 81.9 Å². The molecule has 0 aliphatic carbocycles. The molecule has 18 rings (SSSR count). The Hall–Kier alpha value is -12.1. The first-order valence-electron chi connectivity index (χ1n) is 37.3. The van der Waals surface area contributed by atoms with Crippen LogP contribution in [0.25, 0.3) is 41.6 Å². The summed E-state index contributed by atoms with van der Waals surface area (Å²) in [5.41, 5.74) is 24.0. The Morgan fingerprint density at radius 2 is 0.782 bits per heavy atom. The summed E-state index contributed by atoms with van der Waals surface area (Å²) in [5.74, 6) is 2.60. The minimum absolute atomic E-state index is 0.0512. The summed E-state index contributed by atoms with van der Waals surface area (Å²) in [7, 11) is 0. The second-order valence-electron chi connectivity index (χ2n) is 30.0. The van der Waals surface area contributed by atoms with Gasteiger partial charge in [0.2, 0.25) is 11.8 Å². The van der Waals surface area contributed by atoms with E-state index in [9.17, 15) is 0 Å². The van der Waals surface area contributed by atoms with Crippen LogP contribution in [0.2, 0.25) is 5.02 Å². The lowest BCUT2D eigenvalue weighted by Gasteiger charge is -2.45. The molecule has 0 amide bonds. The first-order valence-corrected chi connectivity index (χ1v) is 39.3. The average molecular weight is 1490 g/mol. The van der Waals surface area contributed by atoms with E-state index in [0.29, 0.717) is 35.6 Å². The van der Waals surface area contributed by atoms with E-state index in [1.54, 1.807) is 35.1 Å². The molecule has 4 aromatic heterocycles. The summed E-state index contributed by atoms with van der Waals surface area (Å²) in [5, 5.41) is 2.70. The highest BCUT2D eigenvalue weighted by Crippen LogP contribution is 2.48. The van der Waals surface area contributed by atoms with Gasteiger partial charge in [-0.1, -0.05) is 217 Å². The van der Waals surface area contributed by atoms with Crippen molar-refractivity contribution < 1.29 is 9.47 Å². The molecule has 0 N–H and O–H groups in total. The first-order chi connectivity index (χ1) is 53.6. The molecule has 10 nitrogen and oxygen atoms in total. The number of hydrogen-bond donors (Lipinski definition) is 0. The minimum Gasteiger partial charge on any atom is -0.439 e. The monoisotopic (exact) mass is 1490 g/mol. The predicted molar refractivity (Wildman–Crippen MR) is 461 cm³/mol. The lowest BCUT2D eigenvalue weighted by molar-refractivity contribution is 0.463. The fourth-order valence-corrected chi connectivity index (χ4v) is 17.0. The Balaban J connectivity index is 0.000000160. The molecule has 2 aliphatic rings. The zero-order chi connectivity index (χ0) is 74.9. The van der Waals surface area contributed by atoms with Crippen molar-refractivity contribution in [3.8, 4) is 44.4 Å². The van der Waals surface area contributed by atoms with E-state index in [2.05, 4.69) is 326 Å². The smallest absolute Gasteiger partial charge is 0.252 e. The third-order valence-corrected chi connectivity index (χ3v) is 23.0. The van der Waals surface area contributed by atoms with Gasteiger partial charge in [-0.05, 0) is 200 Å². The van der Waals surface area contributed by atoms with Crippen LogP contribution in [0.3, 0.4) is 0 Å². The number of nitrogens with zero attached hydrogens (tertiary/aromatic N) is 8. The number of hydrogen-bond acceptors (Lipinski definition) is 12. The number of anilines is 8. The zero-order valence-electron chi connectivity index (χ0n) is 62.2. The van der Waals surface area contributed by atoms with Gasteiger partial charge in [-0.25, -0.2) is 19.9 Å². The highest BCUT2D eigenvalue weighted by atomic mass is 35.5. The maximum atomic E-state index is 7.74. The van der Waals surface area contributed by atoms with Crippen LogP contribution >= 0.6 is 34.3 Å². The molecule has 0 fully saturated rings. The van der Waals surface area contributed by atoms with Gasteiger partial charge in [0.15, 0.2) is 0 Å². The highest BCUT2D eigenvalue weighted by molar-refractivity contribution is 7.22. The number of halogens is 1. The van der Waals surface area contributed by atoms with Crippen LogP contribution in [-0.2, 0) is 37.0 Å². The van der Waals surface area contributed by atoms with E-state index < -0.39 is 0 Å². The first kappa shape index (κ1) is 70.8. The summed E-state index contributed by atoms with van der Waals surface area (Å²) >= 11 is 11.2. The van der Waals surface area contributed by atoms with Gasteiger partial charge in [-0.2, -0.15) is 0 Å². The molecule has 2 aliphatic heterocycles. The van der Waals surface area contributed by atoms with Crippen molar-refractivity contribution in [1.82, 2.24) is 19.9 Å². The van der Waals surface area contributed by atoms with Crippen molar-refractivity contribution in [2.24, 2.45) is 0 Å². The van der Waals surface area contributed by atoms with Gasteiger partial charge in [0.05, 0.1) is 36.8 Å². The number of fused-ring (bicyclic) bond motifs is 6. The summed E-state index contributed by atoms with van der Waals surface area (Å²) in [6.07, 6.45) is 3.50. The van der Waals surface area contributed by atoms with Crippen molar-refractivity contribution in [2.75, 3.05) is 19.6 Å². The fraction of sp³-hybridized carbons (Fsp3) is 0.125. The second-order valence-corrected chi connectivity index (χ2v) is 32.5. The molecule has 16 aromatic rings. The molecule has 110 heavy (non-hydrogen) atoms. The molecule has 0 radical (unpaired) electrons. The van der Waals surface area contributed by atoms with Gasteiger partial charge in [0.25, 0.3) is 6.71 Å². The van der Waals surface area contributed by atoms with Crippen molar-refractivity contribution >= 4 is 123 Å². The van der Waals surface area contributed by atoms with Crippen LogP contribution in [0.1, 0.15) is 74.9 Å². The average Bonchev–Trinajstić information content (AvgIpc) is 0.830. The molecular weight excluding hydrogens is 1410 g/mol. The van der Waals surface area contributed by atoms with E-state index in [0.717, 1.165) is 73.8 Å². The number of aromatic nitrogens is 4. The van der Waals surface area contributed by atoms with Gasteiger partial charge in [0.1, 0.15) is 21.5 Å². The van der Waals surface area contributed by atoms with E-state index in [1.807, 2.05) is 60.7 Å². The maximum absolute atomic E-state index is 7.74. The number of thiazole rings is 2. The Kier molecular flexibility index (Phi) is 19.6. The van der Waals surface area contributed by atoms with Crippen molar-refractivity contribution in [1.29, 1.82) is 0 Å². The van der Waals surface area contributed by atoms with Crippen molar-refractivity contribution in [2.45, 2.75) is 78.6 Å². The van der Waals surface area contributed by atoms with Crippen LogP contribution in [-0.4, -0.2) is 26.6 Å². The summed E-state index contributed by atoms with van der Waals surface area (Å²) < 4.78 is 14.9. The quantitative estimate of drug-likeness (QED) is 0.0775. The largest absolute Gasteiger partial charge is 0.439 e. The summed E-state index contributed by atoms with van der Waals surface area (Å²) in [6, 6.07) is 111. The molecule has 0 unspecified atom stereocenters. The number of para-hydroxylation sites is 2.